The van der Waals surface area contributed by atoms with Crippen LogP contribution in [0.25, 0.3) is 0 Å². The van der Waals surface area contributed by atoms with E-state index in [9.17, 15) is 4.79 Å². The zero-order chi connectivity index (χ0) is 23.3. The highest BCUT2D eigenvalue weighted by Gasteiger charge is 2.46. The van der Waals surface area contributed by atoms with Gasteiger partial charge in [-0.1, -0.05) is 66.4 Å². The van der Waals surface area contributed by atoms with Gasteiger partial charge >= 0.3 is 0 Å². The normalized spacial score (nSPS) is 21.6. The minimum atomic E-state index is -0.107. The molecule has 5 nitrogen and oxygen atoms in total. The second kappa shape index (κ2) is 7.85. The molecule has 5 heteroatoms. The summed E-state index contributed by atoms with van der Waals surface area (Å²) in [6.45, 7) is 1.70. The molecule has 172 valence electrons. The fourth-order valence-electron chi connectivity index (χ4n) is 5.93. The molecule has 3 aromatic rings. The van der Waals surface area contributed by atoms with Crippen LogP contribution >= 0.6 is 0 Å². The van der Waals surface area contributed by atoms with Crippen LogP contribution in [-0.4, -0.2) is 22.6 Å². The molecule has 0 unspecified atom stereocenters. The highest BCUT2D eigenvalue weighted by atomic mass is 16.1. The average molecular weight is 451 g/mol. The number of aromatic nitrogens is 2. The number of hydrogen-bond donors (Lipinski definition) is 1. The topological polar surface area (TPSA) is 64.2 Å². The van der Waals surface area contributed by atoms with Gasteiger partial charge in [0.05, 0.1) is 11.6 Å². The SMILES string of the molecule is Cn1c(N2CCC3(CC2)Cc2ccccc2[C@H]3N)ncc(C#CC2(c3ccccc3)CC2)c1=O. The van der Waals surface area contributed by atoms with Gasteiger partial charge in [-0.3, -0.25) is 9.36 Å². The molecule has 0 bridgehead atoms. The first-order valence-corrected chi connectivity index (χ1v) is 12.2. The van der Waals surface area contributed by atoms with E-state index in [-0.39, 0.29) is 22.4 Å². The second-order valence-corrected chi connectivity index (χ2v) is 10.2. The third-order valence-corrected chi connectivity index (χ3v) is 8.29. The van der Waals surface area contributed by atoms with Crippen molar-refractivity contribution in [2.75, 3.05) is 18.0 Å². The summed E-state index contributed by atoms with van der Waals surface area (Å²) in [6, 6.07) is 19.0. The van der Waals surface area contributed by atoms with E-state index in [0.717, 1.165) is 51.1 Å². The molecule has 0 radical (unpaired) electrons. The maximum atomic E-state index is 13.1. The van der Waals surface area contributed by atoms with E-state index in [2.05, 4.69) is 58.1 Å². The van der Waals surface area contributed by atoms with Crippen molar-refractivity contribution in [1.29, 1.82) is 0 Å². The van der Waals surface area contributed by atoms with E-state index in [0.29, 0.717) is 5.56 Å². The fourth-order valence-corrected chi connectivity index (χ4v) is 5.93. The van der Waals surface area contributed by atoms with Crippen LogP contribution in [-0.2, 0) is 18.9 Å². The van der Waals surface area contributed by atoms with E-state index in [4.69, 9.17) is 5.73 Å². The van der Waals surface area contributed by atoms with Crippen molar-refractivity contribution < 1.29 is 0 Å². The molecule has 0 amide bonds. The number of nitrogens with two attached hydrogens (primary N) is 1. The molecule has 6 rings (SSSR count). The first-order valence-electron chi connectivity index (χ1n) is 12.2. The summed E-state index contributed by atoms with van der Waals surface area (Å²) in [5.41, 5.74) is 11.0. The van der Waals surface area contributed by atoms with Gasteiger partial charge in [0.1, 0.15) is 5.56 Å². The lowest BCUT2D eigenvalue weighted by molar-refractivity contribution is 0.186. The van der Waals surface area contributed by atoms with Crippen molar-refractivity contribution in [2.24, 2.45) is 18.2 Å². The van der Waals surface area contributed by atoms with Crippen LogP contribution in [0.4, 0.5) is 5.95 Å². The Morgan fingerprint density at radius 1 is 1.00 bits per heavy atom. The van der Waals surface area contributed by atoms with Crippen LogP contribution in [0.1, 0.15) is 54.0 Å². The Labute approximate surface area is 200 Å². The van der Waals surface area contributed by atoms with E-state index in [1.165, 1.54) is 16.7 Å². The largest absolute Gasteiger partial charge is 0.342 e. The molecule has 1 aliphatic heterocycles. The third kappa shape index (κ3) is 3.36. The standard InChI is InChI=1S/C29H30N4O/c1-32-26(34)22(11-12-28(13-14-28)23-8-3-2-4-9-23)20-31-27(32)33-17-15-29(16-18-33)19-21-7-5-6-10-24(21)25(29)30/h2-10,20,25H,13-19,30H2,1H3/t25-/m1/s1. The monoisotopic (exact) mass is 450 g/mol. The molecule has 2 aromatic carbocycles. The predicted octanol–water partition coefficient (Wildman–Crippen LogP) is 3.71. The molecule has 1 aromatic heterocycles. The molecule has 1 spiro atoms. The minimum Gasteiger partial charge on any atom is -0.342 e. The van der Waals surface area contributed by atoms with Gasteiger partial charge in [0.15, 0.2) is 0 Å². The minimum absolute atomic E-state index is 0.0772. The molecule has 2 heterocycles. The molecule has 3 aliphatic rings. The Hall–Kier alpha value is -3.36. The van der Waals surface area contributed by atoms with Gasteiger partial charge in [0.2, 0.25) is 5.95 Å². The molecule has 1 atom stereocenters. The van der Waals surface area contributed by atoms with Crippen molar-refractivity contribution in [1.82, 2.24) is 9.55 Å². The lowest BCUT2D eigenvalue weighted by atomic mass is 9.73. The Balaban J connectivity index is 1.20. The van der Waals surface area contributed by atoms with Gasteiger partial charge in [-0.25, -0.2) is 4.98 Å². The summed E-state index contributed by atoms with van der Waals surface area (Å²) in [5.74, 6) is 7.27. The van der Waals surface area contributed by atoms with E-state index >= 15 is 0 Å². The van der Waals surface area contributed by atoms with Crippen LogP contribution in [0, 0.1) is 17.3 Å². The van der Waals surface area contributed by atoms with Crippen molar-refractivity contribution in [3.63, 3.8) is 0 Å². The number of anilines is 1. The van der Waals surface area contributed by atoms with Crippen LogP contribution in [0.3, 0.4) is 0 Å². The van der Waals surface area contributed by atoms with Gasteiger partial charge in [-0.15, -0.1) is 0 Å². The molecule has 34 heavy (non-hydrogen) atoms. The highest BCUT2D eigenvalue weighted by molar-refractivity contribution is 5.46. The van der Waals surface area contributed by atoms with Gasteiger partial charge in [-0.05, 0) is 54.2 Å². The number of nitrogens with zero attached hydrogens (tertiary/aromatic N) is 3. The summed E-state index contributed by atoms with van der Waals surface area (Å²) in [5, 5.41) is 0. The summed E-state index contributed by atoms with van der Waals surface area (Å²) in [7, 11) is 1.81. The lowest BCUT2D eigenvalue weighted by Crippen LogP contribution is -2.46. The van der Waals surface area contributed by atoms with Gasteiger partial charge in [0.25, 0.3) is 5.56 Å². The molecular weight excluding hydrogens is 420 g/mol. The van der Waals surface area contributed by atoms with E-state index < -0.39 is 0 Å². The van der Waals surface area contributed by atoms with E-state index in [1.807, 2.05) is 25.2 Å². The Morgan fingerprint density at radius 2 is 1.71 bits per heavy atom. The quantitative estimate of drug-likeness (QED) is 0.605. The second-order valence-electron chi connectivity index (χ2n) is 10.2. The Kier molecular flexibility index (Phi) is 4.89. The number of hydrogen-bond acceptors (Lipinski definition) is 4. The third-order valence-electron chi connectivity index (χ3n) is 8.29. The zero-order valence-corrected chi connectivity index (χ0v) is 19.6. The number of fused-ring (bicyclic) bond motifs is 1. The van der Waals surface area contributed by atoms with Crippen molar-refractivity contribution in [3.8, 4) is 11.8 Å². The van der Waals surface area contributed by atoms with E-state index in [1.54, 1.807) is 10.8 Å². The number of rotatable bonds is 2. The molecular formula is C29H30N4O. The summed E-state index contributed by atoms with van der Waals surface area (Å²) < 4.78 is 1.66. The molecule has 1 saturated carbocycles. The van der Waals surface area contributed by atoms with Crippen LogP contribution in [0.5, 0.6) is 0 Å². The highest BCUT2D eigenvalue weighted by Crippen LogP contribution is 2.51. The summed E-state index contributed by atoms with van der Waals surface area (Å²) >= 11 is 0. The van der Waals surface area contributed by atoms with Crippen LogP contribution in [0.15, 0.2) is 65.6 Å². The first kappa shape index (κ1) is 21.2. The van der Waals surface area contributed by atoms with Crippen molar-refractivity contribution >= 4 is 5.95 Å². The zero-order valence-electron chi connectivity index (χ0n) is 19.6. The molecule has 2 N–H and O–H groups in total. The number of piperidine rings is 1. The molecule has 2 fully saturated rings. The van der Waals surface area contributed by atoms with Crippen molar-refractivity contribution in [2.45, 2.75) is 43.6 Å². The predicted molar refractivity (Wildman–Crippen MR) is 135 cm³/mol. The van der Waals surface area contributed by atoms with Gasteiger partial charge in [0, 0.05) is 26.2 Å². The molecule has 2 aliphatic carbocycles. The summed E-state index contributed by atoms with van der Waals surface area (Å²) in [6.07, 6.45) is 6.78. The maximum absolute atomic E-state index is 13.1. The first-order chi connectivity index (χ1) is 16.5. The van der Waals surface area contributed by atoms with Gasteiger partial charge in [-0.2, -0.15) is 0 Å². The van der Waals surface area contributed by atoms with Crippen LogP contribution < -0.4 is 16.2 Å². The summed E-state index contributed by atoms with van der Waals surface area (Å²) in [4.78, 5) is 20.0. The maximum Gasteiger partial charge on any atom is 0.270 e. The van der Waals surface area contributed by atoms with Gasteiger partial charge < -0.3 is 10.6 Å². The smallest absolute Gasteiger partial charge is 0.270 e. The molecule has 1 saturated heterocycles. The van der Waals surface area contributed by atoms with Crippen molar-refractivity contribution in [3.05, 3.63) is 93.4 Å². The number of benzene rings is 2. The fraction of sp³-hybridized carbons (Fsp3) is 0.379. The average Bonchev–Trinajstić information content (AvgIpc) is 3.62. The lowest BCUT2D eigenvalue weighted by Gasteiger charge is -2.42. The Morgan fingerprint density at radius 3 is 2.41 bits per heavy atom. The van der Waals surface area contributed by atoms with Crippen LogP contribution in [0.2, 0.25) is 0 Å². The Bertz CT molecular complexity index is 1350.